The van der Waals surface area contributed by atoms with Crippen LogP contribution >= 0.6 is 0 Å². The van der Waals surface area contributed by atoms with E-state index in [1.54, 1.807) is 13.4 Å². The minimum absolute atomic E-state index is 0.0904. The van der Waals surface area contributed by atoms with Crippen molar-refractivity contribution in [2.75, 3.05) is 13.7 Å². The van der Waals surface area contributed by atoms with E-state index in [9.17, 15) is 0 Å². The van der Waals surface area contributed by atoms with Crippen LogP contribution in [0.3, 0.4) is 0 Å². The second-order valence-corrected chi connectivity index (χ2v) is 5.37. The quantitative estimate of drug-likeness (QED) is 0.823. The zero-order valence-electron chi connectivity index (χ0n) is 11.5. The van der Waals surface area contributed by atoms with Gasteiger partial charge in [0, 0.05) is 19.3 Å². The van der Waals surface area contributed by atoms with Crippen molar-refractivity contribution in [3.05, 3.63) is 12.2 Å². The van der Waals surface area contributed by atoms with Gasteiger partial charge in [0.2, 0.25) is 0 Å². The summed E-state index contributed by atoms with van der Waals surface area (Å²) in [5, 5.41) is 7.82. The Morgan fingerprint density at radius 2 is 2.18 bits per heavy atom. The van der Waals surface area contributed by atoms with Gasteiger partial charge in [0.05, 0.1) is 12.6 Å². The van der Waals surface area contributed by atoms with Crippen molar-refractivity contribution in [1.29, 1.82) is 0 Å². The molecule has 98 valence electrons. The Labute approximate surface area is 104 Å². The average Bonchev–Trinajstić information content (AvgIpc) is 2.70. The highest BCUT2D eigenvalue weighted by Crippen LogP contribution is 2.09. The van der Waals surface area contributed by atoms with Crippen LogP contribution in [0.15, 0.2) is 6.33 Å². The van der Waals surface area contributed by atoms with Crippen molar-refractivity contribution in [1.82, 2.24) is 20.1 Å². The molecule has 5 nitrogen and oxygen atoms in total. The predicted octanol–water partition coefficient (Wildman–Crippen LogP) is 1.76. The van der Waals surface area contributed by atoms with Crippen molar-refractivity contribution in [2.24, 2.45) is 0 Å². The van der Waals surface area contributed by atoms with E-state index in [1.165, 1.54) is 0 Å². The number of nitrogens with zero attached hydrogens (tertiary/aromatic N) is 3. The molecule has 0 saturated heterocycles. The number of rotatable bonds is 6. The highest BCUT2D eigenvalue weighted by atomic mass is 16.5. The smallest absolute Gasteiger partial charge is 0.164 e. The van der Waals surface area contributed by atoms with Crippen LogP contribution in [0.2, 0.25) is 0 Å². The summed E-state index contributed by atoms with van der Waals surface area (Å²) in [6, 6.07) is 0.325. The number of hydrogen-bond acceptors (Lipinski definition) is 4. The van der Waals surface area contributed by atoms with E-state index < -0.39 is 0 Å². The van der Waals surface area contributed by atoms with E-state index in [4.69, 9.17) is 4.74 Å². The molecule has 1 heterocycles. The molecule has 1 aromatic heterocycles. The molecule has 1 atom stereocenters. The molecule has 17 heavy (non-hydrogen) atoms. The molecule has 0 fully saturated rings. The van der Waals surface area contributed by atoms with Gasteiger partial charge >= 0.3 is 0 Å². The molecule has 0 radical (unpaired) electrons. The van der Waals surface area contributed by atoms with Crippen LogP contribution in [0.5, 0.6) is 0 Å². The fourth-order valence-corrected chi connectivity index (χ4v) is 1.37. The van der Waals surface area contributed by atoms with Crippen molar-refractivity contribution in [2.45, 2.75) is 52.2 Å². The Morgan fingerprint density at radius 3 is 2.76 bits per heavy atom. The molecular formula is C12H24N4O. The largest absolute Gasteiger partial charge is 0.385 e. The van der Waals surface area contributed by atoms with Crippen molar-refractivity contribution >= 4 is 0 Å². The van der Waals surface area contributed by atoms with E-state index in [0.29, 0.717) is 12.6 Å². The Hall–Kier alpha value is -0.940. The van der Waals surface area contributed by atoms with Gasteiger partial charge in [-0.05, 0) is 34.1 Å². The molecule has 0 aromatic carbocycles. The summed E-state index contributed by atoms with van der Waals surface area (Å²) in [5.74, 6) is 0.837. The van der Waals surface area contributed by atoms with Gasteiger partial charge < -0.3 is 10.1 Å². The van der Waals surface area contributed by atoms with Crippen molar-refractivity contribution < 1.29 is 4.74 Å². The highest BCUT2D eigenvalue weighted by molar-refractivity contribution is 4.85. The minimum Gasteiger partial charge on any atom is -0.385 e. The van der Waals surface area contributed by atoms with E-state index in [1.807, 2.05) is 4.68 Å². The van der Waals surface area contributed by atoms with Crippen LogP contribution in [-0.2, 0) is 11.3 Å². The normalized spacial score (nSPS) is 13.9. The average molecular weight is 240 g/mol. The fraction of sp³-hybridized carbons (Fsp3) is 0.833. The van der Waals surface area contributed by atoms with Gasteiger partial charge in [-0.15, -0.1) is 0 Å². The number of methoxy groups -OCH3 is 1. The summed E-state index contributed by atoms with van der Waals surface area (Å²) < 4.78 is 6.96. The second kappa shape index (κ2) is 6.12. The van der Waals surface area contributed by atoms with Gasteiger partial charge in [-0.25, -0.2) is 9.67 Å². The number of nitrogens with one attached hydrogen (secondary N) is 1. The highest BCUT2D eigenvalue weighted by Gasteiger charge is 2.11. The minimum atomic E-state index is 0.0904. The van der Waals surface area contributed by atoms with Crippen LogP contribution in [0.4, 0.5) is 0 Å². The molecule has 5 heteroatoms. The van der Waals surface area contributed by atoms with Crippen LogP contribution < -0.4 is 5.32 Å². The van der Waals surface area contributed by atoms with Crippen LogP contribution in [-0.4, -0.2) is 34.0 Å². The molecule has 0 saturated carbocycles. The number of hydrogen-bond donors (Lipinski definition) is 1. The predicted molar refractivity (Wildman–Crippen MR) is 67.8 cm³/mol. The summed E-state index contributed by atoms with van der Waals surface area (Å²) in [6.45, 7) is 9.96. The van der Waals surface area contributed by atoms with Crippen LogP contribution in [0.1, 0.15) is 46.0 Å². The summed E-state index contributed by atoms with van der Waals surface area (Å²) >= 11 is 0. The van der Waals surface area contributed by atoms with Gasteiger partial charge in [0.1, 0.15) is 6.33 Å². The van der Waals surface area contributed by atoms with Crippen LogP contribution in [0, 0.1) is 0 Å². The monoisotopic (exact) mass is 240 g/mol. The number of ether oxygens (including phenoxy) is 1. The Bertz CT molecular complexity index is 329. The van der Waals surface area contributed by atoms with Gasteiger partial charge in [0.25, 0.3) is 0 Å². The molecule has 1 unspecified atom stereocenters. The van der Waals surface area contributed by atoms with E-state index in [0.717, 1.165) is 18.9 Å². The molecule has 0 aliphatic heterocycles. The molecule has 1 aromatic rings. The molecule has 1 rings (SSSR count). The maximum atomic E-state index is 5.06. The molecule has 0 aliphatic carbocycles. The Morgan fingerprint density at radius 1 is 1.47 bits per heavy atom. The van der Waals surface area contributed by atoms with Gasteiger partial charge in [-0.3, -0.25) is 0 Å². The van der Waals surface area contributed by atoms with Gasteiger partial charge in [-0.2, -0.15) is 5.10 Å². The lowest BCUT2D eigenvalue weighted by Crippen LogP contribution is -2.35. The van der Waals surface area contributed by atoms with Crippen molar-refractivity contribution in [3.63, 3.8) is 0 Å². The van der Waals surface area contributed by atoms with Crippen LogP contribution in [0.25, 0.3) is 0 Å². The maximum absolute atomic E-state index is 5.06. The first-order valence-corrected chi connectivity index (χ1v) is 6.06. The Balaban J connectivity index is 2.47. The fourth-order valence-electron chi connectivity index (χ4n) is 1.37. The third-order valence-corrected chi connectivity index (χ3v) is 2.52. The summed E-state index contributed by atoms with van der Waals surface area (Å²) in [5.41, 5.74) is 0.0904. The summed E-state index contributed by atoms with van der Waals surface area (Å²) in [4.78, 5) is 4.30. The Kier molecular flexibility index (Phi) is 5.08. The molecule has 1 N–H and O–H groups in total. The van der Waals surface area contributed by atoms with Gasteiger partial charge in [-0.1, -0.05) is 0 Å². The van der Waals surface area contributed by atoms with Crippen molar-refractivity contribution in [3.8, 4) is 0 Å². The first kappa shape index (κ1) is 14.1. The molecule has 0 spiro atoms. The first-order valence-electron chi connectivity index (χ1n) is 6.06. The lowest BCUT2D eigenvalue weighted by molar-refractivity contribution is 0.178. The van der Waals surface area contributed by atoms with E-state index in [-0.39, 0.29) is 5.54 Å². The molecule has 0 bridgehead atoms. The SMILES string of the molecule is COCCC(C)n1cnc(CNC(C)(C)C)n1. The second-order valence-electron chi connectivity index (χ2n) is 5.37. The zero-order chi connectivity index (χ0) is 12.9. The standard InChI is InChI=1S/C12H24N4O/c1-10(6-7-17-5)16-9-13-11(15-16)8-14-12(2,3)4/h9-10,14H,6-8H2,1-5H3. The number of aromatic nitrogens is 3. The van der Waals surface area contributed by atoms with E-state index in [2.05, 4.69) is 43.1 Å². The third-order valence-electron chi connectivity index (χ3n) is 2.52. The summed E-state index contributed by atoms with van der Waals surface area (Å²) in [6.07, 6.45) is 2.74. The molecular weight excluding hydrogens is 216 g/mol. The third kappa shape index (κ3) is 5.28. The van der Waals surface area contributed by atoms with Gasteiger partial charge in [0.15, 0.2) is 5.82 Å². The molecule has 0 amide bonds. The zero-order valence-corrected chi connectivity index (χ0v) is 11.5. The maximum Gasteiger partial charge on any atom is 0.164 e. The lowest BCUT2D eigenvalue weighted by atomic mass is 10.1. The van der Waals surface area contributed by atoms with E-state index >= 15 is 0 Å². The summed E-state index contributed by atoms with van der Waals surface area (Å²) in [7, 11) is 1.72. The first-order chi connectivity index (χ1) is 7.92. The lowest BCUT2D eigenvalue weighted by Gasteiger charge is -2.19. The topological polar surface area (TPSA) is 52.0 Å². The molecule has 0 aliphatic rings.